The lowest BCUT2D eigenvalue weighted by atomic mass is 10.1. The predicted molar refractivity (Wildman–Crippen MR) is 131 cm³/mol. The van der Waals surface area contributed by atoms with Crippen molar-refractivity contribution in [3.8, 4) is 0 Å². The Bertz CT molecular complexity index is 1130. The van der Waals surface area contributed by atoms with E-state index in [-0.39, 0.29) is 16.1 Å². The van der Waals surface area contributed by atoms with Crippen molar-refractivity contribution in [2.45, 2.75) is 12.3 Å². The first-order valence-corrected chi connectivity index (χ1v) is 11.6. The Kier molecular flexibility index (Phi) is 8.37. The lowest BCUT2D eigenvalue weighted by molar-refractivity contribution is 0.0950. The summed E-state index contributed by atoms with van der Waals surface area (Å²) in [5, 5.41) is 3.81. The standard InChI is InChI=1S/C22H17BrCl2FN3OS/c23-15-3-7-18(21(30)28-11-13-1-4-16(24)5-2-13)14(9-15)12-31-22(27)29-17-6-8-20(26)19(25)10-17/h1-10H,11-12H2,(H2,27,29)(H,28,30). The molecule has 0 fully saturated rings. The van der Waals surface area contributed by atoms with Crippen LogP contribution in [0.2, 0.25) is 10.0 Å². The van der Waals surface area contributed by atoms with Crippen molar-refractivity contribution in [3.05, 3.63) is 97.7 Å². The molecular weight excluding hydrogens is 524 g/mol. The van der Waals surface area contributed by atoms with E-state index < -0.39 is 5.82 Å². The van der Waals surface area contributed by atoms with E-state index in [9.17, 15) is 9.18 Å². The molecule has 0 atom stereocenters. The zero-order valence-electron chi connectivity index (χ0n) is 16.0. The summed E-state index contributed by atoms with van der Waals surface area (Å²) < 4.78 is 14.1. The van der Waals surface area contributed by atoms with Crippen LogP contribution in [-0.2, 0) is 12.3 Å². The monoisotopic (exact) mass is 539 g/mol. The molecule has 31 heavy (non-hydrogen) atoms. The maximum atomic E-state index is 13.3. The van der Waals surface area contributed by atoms with Crippen LogP contribution in [0.1, 0.15) is 21.5 Å². The zero-order valence-corrected chi connectivity index (χ0v) is 20.0. The van der Waals surface area contributed by atoms with Crippen molar-refractivity contribution in [2.75, 3.05) is 0 Å². The van der Waals surface area contributed by atoms with E-state index in [0.29, 0.717) is 28.6 Å². The van der Waals surface area contributed by atoms with Gasteiger partial charge in [0.25, 0.3) is 5.91 Å². The Labute approximate surface area is 202 Å². The molecule has 0 spiro atoms. The molecule has 0 radical (unpaired) electrons. The third kappa shape index (κ3) is 6.97. The first-order chi connectivity index (χ1) is 14.8. The van der Waals surface area contributed by atoms with Gasteiger partial charge in [0.05, 0.1) is 10.7 Å². The number of rotatable bonds is 6. The first kappa shape index (κ1) is 23.6. The van der Waals surface area contributed by atoms with E-state index in [1.807, 2.05) is 24.3 Å². The van der Waals surface area contributed by atoms with Crippen molar-refractivity contribution < 1.29 is 9.18 Å². The fraction of sp³-hybridized carbons (Fsp3) is 0.0909. The van der Waals surface area contributed by atoms with Gasteiger partial charge < -0.3 is 11.1 Å². The predicted octanol–water partition coefficient (Wildman–Crippen LogP) is 6.70. The van der Waals surface area contributed by atoms with Gasteiger partial charge in [-0.3, -0.25) is 4.79 Å². The second-order valence-electron chi connectivity index (χ2n) is 6.45. The number of nitrogens with one attached hydrogen (secondary N) is 1. The minimum Gasteiger partial charge on any atom is -0.378 e. The average Bonchev–Trinajstić information content (AvgIpc) is 2.74. The zero-order chi connectivity index (χ0) is 22.4. The number of amidine groups is 1. The number of hydrogen-bond donors (Lipinski definition) is 2. The van der Waals surface area contributed by atoms with Gasteiger partial charge in [-0.1, -0.05) is 63.0 Å². The molecule has 0 bridgehead atoms. The molecule has 3 aromatic carbocycles. The largest absolute Gasteiger partial charge is 0.378 e. The Morgan fingerprint density at radius 2 is 1.84 bits per heavy atom. The molecule has 0 unspecified atom stereocenters. The van der Waals surface area contributed by atoms with Crippen LogP contribution >= 0.6 is 50.9 Å². The molecule has 0 aromatic heterocycles. The molecule has 0 aliphatic rings. The third-order valence-electron chi connectivity index (χ3n) is 4.20. The van der Waals surface area contributed by atoms with E-state index in [4.69, 9.17) is 28.9 Å². The van der Waals surface area contributed by atoms with Crippen LogP contribution in [0.4, 0.5) is 10.1 Å². The number of benzene rings is 3. The molecule has 1 amide bonds. The number of hydrogen-bond acceptors (Lipinski definition) is 3. The first-order valence-electron chi connectivity index (χ1n) is 9.05. The molecule has 0 aliphatic carbocycles. The Balaban J connectivity index is 1.68. The third-order valence-corrected chi connectivity index (χ3v) is 6.07. The Hall–Kier alpha value is -2.06. The summed E-state index contributed by atoms with van der Waals surface area (Å²) >= 11 is 16.4. The van der Waals surface area contributed by atoms with Crippen molar-refractivity contribution in [2.24, 2.45) is 10.7 Å². The second kappa shape index (κ2) is 11.0. The van der Waals surface area contributed by atoms with Gasteiger partial charge >= 0.3 is 0 Å². The van der Waals surface area contributed by atoms with Gasteiger partial charge in [0, 0.05) is 27.4 Å². The van der Waals surface area contributed by atoms with Gasteiger partial charge in [-0.15, -0.1) is 0 Å². The number of amides is 1. The number of nitrogens with two attached hydrogens (primary N) is 1. The van der Waals surface area contributed by atoms with E-state index in [0.717, 1.165) is 15.6 Å². The molecular formula is C22H17BrCl2FN3OS. The number of carbonyl (C=O) groups is 1. The summed E-state index contributed by atoms with van der Waals surface area (Å²) in [6, 6.07) is 16.8. The van der Waals surface area contributed by atoms with E-state index >= 15 is 0 Å². The summed E-state index contributed by atoms with van der Waals surface area (Å²) in [6.45, 7) is 0.383. The van der Waals surface area contributed by atoms with Crippen LogP contribution in [0.25, 0.3) is 0 Å². The van der Waals surface area contributed by atoms with Gasteiger partial charge in [0.2, 0.25) is 0 Å². The topological polar surface area (TPSA) is 67.5 Å². The fourth-order valence-electron chi connectivity index (χ4n) is 2.65. The van der Waals surface area contributed by atoms with Gasteiger partial charge in [0.1, 0.15) is 5.82 Å². The smallest absolute Gasteiger partial charge is 0.251 e. The van der Waals surface area contributed by atoms with Gasteiger partial charge in [0.15, 0.2) is 5.17 Å². The summed E-state index contributed by atoms with van der Waals surface area (Å²) in [6.07, 6.45) is 0. The lowest BCUT2D eigenvalue weighted by Crippen LogP contribution is -2.24. The van der Waals surface area contributed by atoms with Crippen molar-refractivity contribution >= 4 is 67.7 Å². The van der Waals surface area contributed by atoms with Crippen LogP contribution in [0.3, 0.4) is 0 Å². The van der Waals surface area contributed by atoms with Crippen molar-refractivity contribution in [1.82, 2.24) is 5.32 Å². The highest BCUT2D eigenvalue weighted by molar-refractivity contribution is 9.10. The van der Waals surface area contributed by atoms with Gasteiger partial charge in [-0.05, 0) is 59.7 Å². The summed E-state index contributed by atoms with van der Waals surface area (Å²) in [5.41, 5.74) is 8.74. The van der Waals surface area contributed by atoms with E-state index in [1.165, 1.54) is 30.0 Å². The normalized spacial score (nSPS) is 11.4. The van der Waals surface area contributed by atoms with Crippen LogP contribution in [0.5, 0.6) is 0 Å². The van der Waals surface area contributed by atoms with Gasteiger partial charge in [-0.25, -0.2) is 9.38 Å². The highest BCUT2D eigenvalue weighted by Gasteiger charge is 2.13. The van der Waals surface area contributed by atoms with E-state index in [1.54, 1.807) is 18.2 Å². The molecule has 0 aliphatic heterocycles. The van der Waals surface area contributed by atoms with Crippen molar-refractivity contribution in [1.29, 1.82) is 0 Å². The second-order valence-corrected chi connectivity index (χ2v) is 9.20. The molecule has 0 saturated carbocycles. The molecule has 160 valence electrons. The number of nitrogens with zero attached hydrogens (tertiary/aromatic N) is 1. The highest BCUT2D eigenvalue weighted by atomic mass is 79.9. The van der Waals surface area contributed by atoms with Gasteiger partial charge in [-0.2, -0.15) is 0 Å². The maximum absolute atomic E-state index is 13.3. The Morgan fingerprint density at radius 1 is 1.10 bits per heavy atom. The number of thioether (sulfide) groups is 1. The number of halogens is 4. The highest BCUT2D eigenvalue weighted by Crippen LogP contribution is 2.25. The molecule has 3 rings (SSSR count). The molecule has 9 heteroatoms. The lowest BCUT2D eigenvalue weighted by Gasteiger charge is -2.11. The maximum Gasteiger partial charge on any atom is 0.251 e. The molecule has 3 aromatic rings. The summed E-state index contributed by atoms with van der Waals surface area (Å²) in [5.74, 6) is -0.290. The van der Waals surface area contributed by atoms with Crippen LogP contribution in [0, 0.1) is 5.82 Å². The number of carbonyl (C=O) groups excluding carboxylic acids is 1. The minimum absolute atomic E-state index is 0.0225. The SMILES string of the molecule is N/C(=N\c1ccc(F)c(Cl)c1)SCc1cc(Br)ccc1C(=O)NCc1ccc(Cl)cc1. The average molecular weight is 541 g/mol. The minimum atomic E-state index is -0.518. The summed E-state index contributed by atoms with van der Waals surface area (Å²) in [7, 11) is 0. The fourth-order valence-corrected chi connectivity index (χ4v) is 4.07. The van der Waals surface area contributed by atoms with Crippen LogP contribution in [0.15, 0.2) is 70.1 Å². The van der Waals surface area contributed by atoms with Crippen LogP contribution < -0.4 is 11.1 Å². The Morgan fingerprint density at radius 3 is 2.55 bits per heavy atom. The summed E-state index contributed by atoms with van der Waals surface area (Å²) in [4.78, 5) is 17.0. The molecule has 4 nitrogen and oxygen atoms in total. The van der Waals surface area contributed by atoms with Crippen LogP contribution in [-0.4, -0.2) is 11.1 Å². The van der Waals surface area contributed by atoms with Crippen molar-refractivity contribution in [3.63, 3.8) is 0 Å². The molecule has 3 N–H and O–H groups in total. The number of aliphatic imine (C=N–C) groups is 1. The molecule has 0 saturated heterocycles. The molecule has 0 heterocycles. The quantitative estimate of drug-likeness (QED) is 0.270. The van der Waals surface area contributed by atoms with E-state index in [2.05, 4.69) is 26.2 Å².